The summed E-state index contributed by atoms with van der Waals surface area (Å²) in [6.45, 7) is 0.242. The van der Waals surface area contributed by atoms with Crippen molar-refractivity contribution in [2.24, 2.45) is 0 Å². The summed E-state index contributed by atoms with van der Waals surface area (Å²) in [5.74, 6) is 0.521. The third-order valence-corrected chi connectivity index (χ3v) is 3.81. The third kappa shape index (κ3) is 4.74. The molecule has 0 unspecified atom stereocenters. The molecule has 0 saturated heterocycles. The molecule has 0 N–H and O–H groups in total. The highest BCUT2D eigenvalue weighted by Crippen LogP contribution is 2.30. The molecule has 2 heterocycles. The Morgan fingerprint density at radius 1 is 1.04 bits per heavy atom. The Hall–Kier alpha value is -3.66. The summed E-state index contributed by atoms with van der Waals surface area (Å²) in [4.78, 5) is 7.96. The molecule has 3 aromatic rings. The van der Waals surface area contributed by atoms with Crippen molar-refractivity contribution in [3.8, 4) is 11.8 Å². The summed E-state index contributed by atoms with van der Waals surface area (Å²) >= 11 is 0. The van der Waals surface area contributed by atoms with Crippen LogP contribution < -0.4 is 4.74 Å². The minimum Gasteiger partial charge on any atom is -0.487 e. The molecule has 4 nitrogen and oxygen atoms in total. The Labute approximate surface area is 159 Å². The maximum absolute atomic E-state index is 12.7. The molecule has 2 aromatic heterocycles. The molecule has 0 aliphatic carbocycles. The summed E-state index contributed by atoms with van der Waals surface area (Å²) in [6, 6.07) is 16.6. The van der Waals surface area contributed by atoms with Gasteiger partial charge in [-0.25, -0.2) is 0 Å². The first-order valence-electron chi connectivity index (χ1n) is 8.24. The van der Waals surface area contributed by atoms with Crippen molar-refractivity contribution in [3.05, 3.63) is 89.5 Å². The standard InChI is InChI=1S/C21H14F3N3O/c22-21(23,24)17-8-9-19(27-13-17)16(12-25)11-15-5-1-2-7-20(15)28-14-18-6-3-4-10-26-18/h1-11,13H,14H2/b16-11+. The summed E-state index contributed by atoms with van der Waals surface area (Å²) in [6.07, 6.45) is -0.574. The fourth-order valence-corrected chi connectivity index (χ4v) is 2.41. The van der Waals surface area contributed by atoms with E-state index in [4.69, 9.17) is 4.74 Å². The lowest BCUT2D eigenvalue weighted by Crippen LogP contribution is -2.05. The number of rotatable bonds is 5. The molecule has 0 bridgehead atoms. The number of para-hydroxylation sites is 1. The van der Waals surface area contributed by atoms with E-state index < -0.39 is 11.7 Å². The maximum Gasteiger partial charge on any atom is 0.417 e. The first kappa shape index (κ1) is 19.1. The van der Waals surface area contributed by atoms with Gasteiger partial charge in [-0.05, 0) is 36.4 Å². The summed E-state index contributed by atoms with van der Waals surface area (Å²) in [7, 11) is 0. The molecule has 0 spiro atoms. The first-order chi connectivity index (χ1) is 13.5. The SMILES string of the molecule is N#C/C(=C\c1ccccc1OCc1ccccn1)c1ccc(C(F)(F)F)cn1. The van der Waals surface area contributed by atoms with Gasteiger partial charge in [0.05, 0.1) is 22.5 Å². The largest absolute Gasteiger partial charge is 0.487 e. The molecule has 0 aliphatic heterocycles. The number of hydrogen-bond acceptors (Lipinski definition) is 4. The second kappa shape index (κ2) is 8.35. The molecular weight excluding hydrogens is 367 g/mol. The van der Waals surface area contributed by atoms with E-state index in [1.807, 2.05) is 18.2 Å². The maximum atomic E-state index is 12.7. The van der Waals surface area contributed by atoms with E-state index in [9.17, 15) is 18.4 Å². The average molecular weight is 381 g/mol. The van der Waals surface area contributed by atoms with Gasteiger partial charge in [-0.2, -0.15) is 18.4 Å². The fraction of sp³-hybridized carbons (Fsp3) is 0.0952. The van der Waals surface area contributed by atoms with Crippen LogP contribution in [0.3, 0.4) is 0 Å². The van der Waals surface area contributed by atoms with E-state index in [1.165, 1.54) is 12.1 Å². The fourth-order valence-electron chi connectivity index (χ4n) is 2.41. The van der Waals surface area contributed by atoms with Crippen molar-refractivity contribution in [3.63, 3.8) is 0 Å². The Bertz CT molecular complexity index is 1010. The molecule has 0 radical (unpaired) electrons. The monoisotopic (exact) mass is 381 g/mol. The molecule has 3 rings (SSSR count). The van der Waals surface area contributed by atoms with Gasteiger partial charge in [0.2, 0.25) is 0 Å². The molecule has 0 amide bonds. The number of halogens is 3. The van der Waals surface area contributed by atoms with Crippen LogP contribution in [0.5, 0.6) is 5.75 Å². The summed E-state index contributed by atoms with van der Waals surface area (Å²) in [5, 5.41) is 9.44. The molecule has 0 atom stereocenters. The van der Waals surface area contributed by atoms with Crippen LogP contribution >= 0.6 is 0 Å². The summed E-state index contributed by atoms with van der Waals surface area (Å²) < 4.78 is 43.8. The van der Waals surface area contributed by atoms with Crippen molar-refractivity contribution < 1.29 is 17.9 Å². The molecule has 7 heteroatoms. The number of ether oxygens (including phenoxy) is 1. The Balaban J connectivity index is 1.86. The Morgan fingerprint density at radius 3 is 2.46 bits per heavy atom. The number of alkyl halides is 3. The quantitative estimate of drug-likeness (QED) is 0.574. The topological polar surface area (TPSA) is 58.8 Å². The van der Waals surface area contributed by atoms with Crippen LogP contribution in [0.25, 0.3) is 11.6 Å². The van der Waals surface area contributed by atoms with Gasteiger partial charge in [0.15, 0.2) is 0 Å². The molecule has 28 heavy (non-hydrogen) atoms. The van der Waals surface area contributed by atoms with Crippen LogP contribution in [0.1, 0.15) is 22.5 Å². The van der Waals surface area contributed by atoms with Gasteiger partial charge < -0.3 is 4.74 Å². The van der Waals surface area contributed by atoms with E-state index in [0.29, 0.717) is 17.5 Å². The summed E-state index contributed by atoms with van der Waals surface area (Å²) in [5.41, 5.74) is 0.758. The minimum absolute atomic E-state index is 0.127. The predicted molar refractivity (Wildman–Crippen MR) is 97.7 cm³/mol. The normalized spacial score (nSPS) is 11.7. The highest BCUT2D eigenvalue weighted by molar-refractivity contribution is 5.89. The van der Waals surface area contributed by atoms with Crippen LogP contribution in [0.2, 0.25) is 0 Å². The molecule has 0 aliphatic rings. The molecule has 1 aromatic carbocycles. The highest BCUT2D eigenvalue weighted by atomic mass is 19.4. The van der Waals surface area contributed by atoms with E-state index in [-0.39, 0.29) is 17.9 Å². The van der Waals surface area contributed by atoms with Crippen LogP contribution in [-0.2, 0) is 12.8 Å². The zero-order valence-electron chi connectivity index (χ0n) is 14.5. The van der Waals surface area contributed by atoms with Gasteiger partial charge in [0, 0.05) is 18.0 Å². The zero-order chi connectivity index (χ0) is 20.0. The van der Waals surface area contributed by atoms with Crippen molar-refractivity contribution in [2.45, 2.75) is 12.8 Å². The van der Waals surface area contributed by atoms with Crippen molar-refractivity contribution >= 4 is 11.6 Å². The third-order valence-electron chi connectivity index (χ3n) is 3.81. The van der Waals surface area contributed by atoms with E-state index in [1.54, 1.807) is 36.5 Å². The van der Waals surface area contributed by atoms with Crippen molar-refractivity contribution in [1.82, 2.24) is 9.97 Å². The van der Waals surface area contributed by atoms with Crippen molar-refractivity contribution in [1.29, 1.82) is 5.26 Å². The first-order valence-corrected chi connectivity index (χ1v) is 8.24. The number of benzene rings is 1. The molecule has 0 fully saturated rings. The molecule has 0 saturated carbocycles. The second-order valence-corrected chi connectivity index (χ2v) is 5.75. The van der Waals surface area contributed by atoms with Crippen molar-refractivity contribution in [2.75, 3.05) is 0 Å². The number of aromatic nitrogens is 2. The van der Waals surface area contributed by atoms with Gasteiger partial charge in [0.25, 0.3) is 0 Å². The average Bonchev–Trinajstić information content (AvgIpc) is 2.71. The van der Waals surface area contributed by atoms with Gasteiger partial charge in [-0.15, -0.1) is 0 Å². The predicted octanol–water partition coefficient (Wildman–Crippen LogP) is 5.14. The molecule has 140 valence electrons. The number of allylic oxidation sites excluding steroid dienone is 1. The number of nitriles is 1. The lowest BCUT2D eigenvalue weighted by Gasteiger charge is -2.10. The highest BCUT2D eigenvalue weighted by Gasteiger charge is 2.30. The van der Waals surface area contributed by atoms with E-state index in [0.717, 1.165) is 11.8 Å². The minimum atomic E-state index is -4.48. The Kier molecular flexibility index (Phi) is 5.70. The van der Waals surface area contributed by atoms with Crippen LogP contribution in [-0.4, -0.2) is 9.97 Å². The number of hydrogen-bond donors (Lipinski definition) is 0. The van der Waals surface area contributed by atoms with E-state index >= 15 is 0 Å². The van der Waals surface area contributed by atoms with Gasteiger partial charge in [0.1, 0.15) is 18.4 Å². The van der Waals surface area contributed by atoms with Gasteiger partial charge >= 0.3 is 6.18 Å². The van der Waals surface area contributed by atoms with E-state index in [2.05, 4.69) is 9.97 Å². The van der Waals surface area contributed by atoms with Crippen LogP contribution in [0.15, 0.2) is 67.0 Å². The number of pyridine rings is 2. The van der Waals surface area contributed by atoms with Crippen LogP contribution in [0, 0.1) is 11.3 Å². The lowest BCUT2D eigenvalue weighted by atomic mass is 10.1. The second-order valence-electron chi connectivity index (χ2n) is 5.75. The van der Waals surface area contributed by atoms with Crippen LogP contribution in [0.4, 0.5) is 13.2 Å². The lowest BCUT2D eigenvalue weighted by molar-refractivity contribution is -0.137. The van der Waals surface area contributed by atoms with Gasteiger partial charge in [-0.3, -0.25) is 9.97 Å². The zero-order valence-corrected chi connectivity index (χ0v) is 14.5. The Morgan fingerprint density at radius 2 is 1.82 bits per heavy atom. The number of nitrogens with zero attached hydrogens (tertiary/aromatic N) is 3. The smallest absolute Gasteiger partial charge is 0.417 e. The van der Waals surface area contributed by atoms with Gasteiger partial charge in [-0.1, -0.05) is 24.3 Å². The molecular formula is C21H14F3N3O.